The van der Waals surface area contributed by atoms with Gasteiger partial charge < -0.3 is 5.73 Å². The first-order chi connectivity index (χ1) is 9.71. The van der Waals surface area contributed by atoms with Crippen molar-refractivity contribution in [1.82, 2.24) is 9.97 Å². The van der Waals surface area contributed by atoms with Crippen molar-refractivity contribution in [2.24, 2.45) is 5.73 Å². The first-order valence-corrected chi connectivity index (χ1v) is 7.34. The maximum Gasteiger partial charge on any atom is 0.139 e. The van der Waals surface area contributed by atoms with Crippen molar-refractivity contribution < 1.29 is 0 Å². The number of benzene rings is 1. The Morgan fingerprint density at radius 1 is 1.20 bits per heavy atom. The van der Waals surface area contributed by atoms with Gasteiger partial charge in [-0.05, 0) is 31.4 Å². The Kier molecular flexibility index (Phi) is 3.53. The van der Waals surface area contributed by atoms with E-state index >= 15 is 0 Å². The van der Waals surface area contributed by atoms with Crippen LogP contribution in [0, 0.1) is 0 Å². The molecule has 1 aliphatic carbocycles. The normalized spacial score (nSPS) is 18.3. The highest BCUT2D eigenvalue weighted by atomic mass is 14.9. The molecule has 3 rings (SSSR count). The van der Waals surface area contributed by atoms with Gasteiger partial charge in [0.25, 0.3) is 0 Å². The Labute approximate surface area is 120 Å². The molecule has 0 radical (unpaired) electrons. The molecule has 1 saturated carbocycles. The van der Waals surface area contributed by atoms with E-state index in [0.717, 1.165) is 30.8 Å². The van der Waals surface area contributed by atoms with Gasteiger partial charge in [0.2, 0.25) is 0 Å². The van der Waals surface area contributed by atoms with Gasteiger partial charge in [-0.3, -0.25) is 0 Å². The minimum absolute atomic E-state index is 0.0229. The number of aromatic nitrogens is 2. The number of nitrogens with zero attached hydrogens (tertiary/aromatic N) is 2. The van der Waals surface area contributed by atoms with Crippen LogP contribution in [0.25, 0.3) is 0 Å². The van der Waals surface area contributed by atoms with E-state index in [9.17, 15) is 0 Å². The van der Waals surface area contributed by atoms with E-state index in [2.05, 4.69) is 35.3 Å². The maximum absolute atomic E-state index is 5.88. The quantitative estimate of drug-likeness (QED) is 0.926. The van der Waals surface area contributed by atoms with Crippen LogP contribution in [0.4, 0.5) is 0 Å². The third-order valence-electron chi connectivity index (χ3n) is 4.21. The molecule has 104 valence electrons. The second kappa shape index (κ2) is 5.33. The maximum atomic E-state index is 5.88. The fourth-order valence-corrected chi connectivity index (χ4v) is 3.00. The summed E-state index contributed by atoms with van der Waals surface area (Å²) in [6.07, 6.45) is 6.20. The lowest BCUT2D eigenvalue weighted by atomic mass is 9.64. The molecule has 2 aromatic rings. The van der Waals surface area contributed by atoms with Crippen LogP contribution >= 0.6 is 0 Å². The molecule has 1 atom stereocenters. The van der Waals surface area contributed by atoms with E-state index < -0.39 is 0 Å². The molecule has 0 aliphatic heterocycles. The Hall–Kier alpha value is -1.74. The van der Waals surface area contributed by atoms with Crippen molar-refractivity contribution in [3.8, 4) is 0 Å². The van der Waals surface area contributed by atoms with Crippen molar-refractivity contribution in [1.29, 1.82) is 0 Å². The van der Waals surface area contributed by atoms with Crippen LogP contribution in [0.2, 0.25) is 0 Å². The third-order valence-corrected chi connectivity index (χ3v) is 4.21. The summed E-state index contributed by atoms with van der Waals surface area (Å²) in [4.78, 5) is 9.36. The second-order valence-electron chi connectivity index (χ2n) is 5.85. The Morgan fingerprint density at radius 3 is 2.55 bits per heavy atom. The van der Waals surface area contributed by atoms with Crippen molar-refractivity contribution in [3.05, 3.63) is 59.7 Å². The SMILES string of the molecule is CC(N)Cc1ccnc(C2(c3ccccc3)CCC2)n1. The minimum Gasteiger partial charge on any atom is -0.328 e. The molecule has 0 bridgehead atoms. The topological polar surface area (TPSA) is 51.8 Å². The molecule has 1 aromatic carbocycles. The molecule has 1 aromatic heterocycles. The Bertz CT molecular complexity index is 574. The van der Waals surface area contributed by atoms with Crippen LogP contribution in [0.1, 0.15) is 43.3 Å². The molecule has 2 N–H and O–H groups in total. The first kappa shape index (κ1) is 13.3. The monoisotopic (exact) mass is 267 g/mol. The van der Waals surface area contributed by atoms with Crippen molar-refractivity contribution in [3.63, 3.8) is 0 Å². The zero-order valence-corrected chi connectivity index (χ0v) is 11.9. The van der Waals surface area contributed by atoms with Crippen LogP contribution in [-0.2, 0) is 11.8 Å². The summed E-state index contributed by atoms with van der Waals surface area (Å²) in [5.41, 5.74) is 8.29. The Balaban J connectivity index is 1.98. The summed E-state index contributed by atoms with van der Waals surface area (Å²) >= 11 is 0. The van der Waals surface area contributed by atoms with Gasteiger partial charge in [0.15, 0.2) is 0 Å². The van der Waals surface area contributed by atoms with Crippen molar-refractivity contribution in [2.75, 3.05) is 0 Å². The molecule has 3 nitrogen and oxygen atoms in total. The highest BCUT2D eigenvalue weighted by Crippen LogP contribution is 2.47. The zero-order valence-electron chi connectivity index (χ0n) is 11.9. The van der Waals surface area contributed by atoms with Crippen LogP contribution in [-0.4, -0.2) is 16.0 Å². The van der Waals surface area contributed by atoms with Crippen LogP contribution in [0.15, 0.2) is 42.6 Å². The molecular formula is C17H21N3. The lowest BCUT2D eigenvalue weighted by molar-refractivity contribution is 0.284. The summed E-state index contributed by atoms with van der Waals surface area (Å²) in [5.74, 6) is 0.966. The molecule has 0 saturated heterocycles. The lowest BCUT2D eigenvalue weighted by Gasteiger charge is -2.41. The average molecular weight is 267 g/mol. The van der Waals surface area contributed by atoms with E-state index in [1.165, 1.54) is 12.0 Å². The fourth-order valence-electron chi connectivity index (χ4n) is 3.00. The van der Waals surface area contributed by atoms with E-state index in [1.54, 1.807) is 0 Å². The van der Waals surface area contributed by atoms with E-state index in [0.29, 0.717) is 0 Å². The smallest absolute Gasteiger partial charge is 0.139 e. The summed E-state index contributed by atoms with van der Waals surface area (Å²) in [6, 6.07) is 12.8. The third kappa shape index (κ3) is 2.34. The van der Waals surface area contributed by atoms with E-state index in [4.69, 9.17) is 10.7 Å². The number of hydrogen-bond acceptors (Lipinski definition) is 3. The van der Waals surface area contributed by atoms with Crippen LogP contribution in [0.3, 0.4) is 0 Å². The lowest BCUT2D eigenvalue weighted by Crippen LogP contribution is -2.37. The predicted octanol–water partition coefficient (Wildman–Crippen LogP) is 2.84. The molecule has 1 aliphatic rings. The molecule has 0 amide bonds. The number of nitrogens with two attached hydrogens (primary N) is 1. The predicted molar refractivity (Wildman–Crippen MR) is 80.5 cm³/mol. The van der Waals surface area contributed by atoms with Gasteiger partial charge in [0.1, 0.15) is 5.82 Å². The van der Waals surface area contributed by atoms with Gasteiger partial charge in [0, 0.05) is 24.4 Å². The van der Waals surface area contributed by atoms with Gasteiger partial charge in [-0.15, -0.1) is 0 Å². The van der Waals surface area contributed by atoms with Gasteiger partial charge in [0.05, 0.1) is 5.41 Å². The van der Waals surface area contributed by atoms with Crippen LogP contribution < -0.4 is 5.73 Å². The van der Waals surface area contributed by atoms with Crippen molar-refractivity contribution >= 4 is 0 Å². The van der Waals surface area contributed by atoms with Crippen LogP contribution in [0.5, 0.6) is 0 Å². The van der Waals surface area contributed by atoms with Gasteiger partial charge in [-0.1, -0.05) is 36.8 Å². The molecule has 1 fully saturated rings. The number of hydrogen-bond donors (Lipinski definition) is 1. The second-order valence-corrected chi connectivity index (χ2v) is 5.85. The highest BCUT2D eigenvalue weighted by Gasteiger charge is 2.42. The molecular weight excluding hydrogens is 246 g/mol. The van der Waals surface area contributed by atoms with E-state index in [-0.39, 0.29) is 11.5 Å². The first-order valence-electron chi connectivity index (χ1n) is 7.34. The largest absolute Gasteiger partial charge is 0.328 e. The summed E-state index contributed by atoms with van der Waals surface area (Å²) in [6.45, 7) is 2.01. The fraction of sp³-hybridized carbons (Fsp3) is 0.412. The van der Waals surface area contributed by atoms with Crippen molar-refractivity contribution in [2.45, 2.75) is 44.1 Å². The zero-order chi connectivity index (χ0) is 14.0. The average Bonchev–Trinajstić information content (AvgIpc) is 2.38. The molecule has 1 heterocycles. The minimum atomic E-state index is 0.0229. The van der Waals surface area contributed by atoms with Gasteiger partial charge in [-0.2, -0.15) is 0 Å². The molecule has 3 heteroatoms. The summed E-state index contributed by atoms with van der Waals surface area (Å²) in [7, 11) is 0. The molecule has 1 unspecified atom stereocenters. The van der Waals surface area contributed by atoms with Gasteiger partial charge >= 0.3 is 0 Å². The Morgan fingerprint density at radius 2 is 1.95 bits per heavy atom. The standard InChI is InChI=1S/C17H21N3/c1-13(18)12-15-8-11-19-16(20-15)17(9-5-10-17)14-6-3-2-4-7-14/h2-4,6-8,11,13H,5,9-10,12,18H2,1H3. The molecule has 20 heavy (non-hydrogen) atoms. The number of rotatable bonds is 4. The molecule has 0 spiro atoms. The summed E-state index contributed by atoms with van der Waals surface area (Å²) < 4.78 is 0. The summed E-state index contributed by atoms with van der Waals surface area (Å²) in [5, 5.41) is 0. The van der Waals surface area contributed by atoms with Gasteiger partial charge in [-0.25, -0.2) is 9.97 Å². The van der Waals surface area contributed by atoms with E-state index in [1.807, 2.05) is 19.2 Å². The highest BCUT2D eigenvalue weighted by molar-refractivity contribution is 5.35.